The van der Waals surface area contributed by atoms with Gasteiger partial charge >= 0.3 is 7.12 Å². The highest BCUT2D eigenvalue weighted by atomic mass is 127. The average molecular weight is 384 g/mol. The molecule has 0 aromatic heterocycles. The maximum atomic E-state index is 9.47. The fraction of sp³-hybridized carbons (Fsp3) is 0.143. The first-order valence-electron chi connectivity index (χ1n) is 5.94. The Hall–Kier alpha value is -1.25. The van der Waals surface area contributed by atoms with Crippen LogP contribution in [0.5, 0.6) is 11.5 Å². The Labute approximate surface area is 131 Å². The Balaban J connectivity index is 2.62. The van der Waals surface area contributed by atoms with Crippen LogP contribution in [0.1, 0.15) is 0 Å². The molecule has 2 N–H and O–H groups in total. The zero-order valence-electron chi connectivity index (χ0n) is 11.1. The molecule has 0 aliphatic rings. The summed E-state index contributed by atoms with van der Waals surface area (Å²) >= 11 is 2.10. The van der Waals surface area contributed by atoms with E-state index in [1.165, 1.54) is 0 Å². The lowest BCUT2D eigenvalue weighted by atomic mass is 9.79. The molecule has 0 bridgehead atoms. The van der Waals surface area contributed by atoms with E-state index in [2.05, 4.69) is 22.6 Å². The number of methoxy groups -OCH3 is 2. The first kappa shape index (κ1) is 15.1. The van der Waals surface area contributed by atoms with Crippen LogP contribution >= 0.6 is 22.6 Å². The van der Waals surface area contributed by atoms with Gasteiger partial charge in [-0.25, -0.2) is 0 Å². The number of rotatable bonds is 4. The van der Waals surface area contributed by atoms with E-state index in [1.54, 1.807) is 20.3 Å². The summed E-state index contributed by atoms with van der Waals surface area (Å²) in [7, 11) is 1.62. The quantitative estimate of drug-likeness (QED) is 0.622. The van der Waals surface area contributed by atoms with Crippen molar-refractivity contribution < 1.29 is 19.5 Å². The smallest absolute Gasteiger partial charge is 0.489 e. The van der Waals surface area contributed by atoms with Gasteiger partial charge in [0.2, 0.25) is 0 Å². The summed E-state index contributed by atoms with van der Waals surface area (Å²) in [5.74, 6) is 1.32. The van der Waals surface area contributed by atoms with Gasteiger partial charge in [0.05, 0.1) is 14.2 Å². The van der Waals surface area contributed by atoms with Gasteiger partial charge < -0.3 is 19.5 Å². The summed E-state index contributed by atoms with van der Waals surface area (Å²) < 4.78 is 11.2. The highest BCUT2D eigenvalue weighted by Gasteiger charge is 2.20. The summed E-state index contributed by atoms with van der Waals surface area (Å²) in [6.07, 6.45) is 0. The summed E-state index contributed by atoms with van der Waals surface area (Å²) in [5.41, 5.74) is 2.21. The minimum atomic E-state index is -1.54. The number of benzene rings is 2. The monoisotopic (exact) mass is 384 g/mol. The van der Waals surface area contributed by atoms with Crippen LogP contribution < -0.4 is 14.9 Å². The third-order valence-electron chi connectivity index (χ3n) is 2.97. The van der Waals surface area contributed by atoms with Crippen molar-refractivity contribution in [3.05, 3.63) is 40.0 Å². The fourth-order valence-corrected chi connectivity index (χ4v) is 2.83. The second-order valence-electron chi connectivity index (χ2n) is 4.18. The molecule has 0 amide bonds. The van der Waals surface area contributed by atoms with Gasteiger partial charge in [0.1, 0.15) is 11.5 Å². The van der Waals surface area contributed by atoms with E-state index in [1.807, 2.05) is 30.3 Å². The van der Waals surface area contributed by atoms with Gasteiger partial charge in [-0.1, -0.05) is 12.1 Å². The predicted molar refractivity (Wildman–Crippen MR) is 87.5 cm³/mol. The van der Waals surface area contributed by atoms with E-state index in [0.717, 1.165) is 20.4 Å². The van der Waals surface area contributed by atoms with Crippen molar-refractivity contribution in [3.63, 3.8) is 0 Å². The van der Waals surface area contributed by atoms with Crippen LogP contribution in [0.3, 0.4) is 0 Å². The van der Waals surface area contributed by atoms with Crippen LogP contribution in [0.4, 0.5) is 0 Å². The standard InChI is InChI=1S/C14H14BIO4/c1-19-10-5-3-4-9(6-10)12-7-11(20-2)8-13(14(12)16)15(17)18/h3-8,17-18H,1-2H3. The number of ether oxygens (including phenoxy) is 2. The fourth-order valence-electron chi connectivity index (χ4n) is 1.93. The minimum absolute atomic E-state index is 0.419. The second-order valence-corrected chi connectivity index (χ2v) is 5.26. The molecule has 0 atom stereocenters. The van der Waals surface area contributed by atoms with E-state index < -0.39 is 7.12 Å². The molecule has 0 saturated heterocycles. The summed E-state index contributed by atoms with van der Waals surface area (Å²) in [5, 5.41) is 18.9. The van der Waals surface area contributed by atoms with Gasteiger partial charge in [0, 0.05) is 3.57 Å². The van der Waals surface area contributed by atoms with Gasteiger partial charge in [-0.05, 0) is 63.4 Å². The zero-order chi connectivity index (χ0) is 14.7. The molecule has 0 unspecified atom stereocenters. The van der Waals surface area contributed by atoms with Gasteiger partial charge in [0.25, 0.3) is 0 Å². The molecular weight excluding hydrogens is 370 g/mol. The lowest BCUT2D eigenvalue weighted by Gasteiger charge is -2.13. The second kappa shape index (κ2) is 6.47. The van der Waals surface area contributed by atoms with Crippen molar-refractivity contribution in [2.24, 2.45) is 0 Å². The van der Waals surface area contributed by atoms with Crippen LogP contribution in [-0.4, -0.2) is 31.4 Å². The first-order chi connectivity index (χ1) is 9.56. The number of halogens is 1. The molecule has 2 rings (SSSR count). The lowest BCUT2D eigenvalue weighted by Crippen LogP contribution is -2.32. The number of hydrogen-bond donors (Lipinski definition) is 2. The van der Waals surface area contributed by atoms with Crippen molar-refractivity contribution in [2.45, 2.75) is 0 Å². The molecule has 2 aromatic rings. The highest BCUT2D eigenvalue weighted by Crippen LogP contribution is 2.30. The van der Waals surface area contributed by atoms with E-state index in [4.69, 9.17) is 9.47 Å². The molecule has 6 heteroatoms. The van der Waals surface area contributed by atoms with Crippen LogP contribution in [0.15, 0.2) is 36.4 Å². The Morgan fingerprint density at radius 2 is 1.70 bits per heavy atom. The molecule has 0 heterocycles. The molecule has 2 aromatic carbocycles. The molecule has 0 spiro atoms. The summed E-state index contributed by atoms with van der Waals surface area (Å²) in [6.45, 7) is 0. The minimum Gasteiger partial charge on any atom is -0.497 e. The van der Waals surface area contributed by atoms with Crippen molar-refractivity contribution in [1.29, 1.82) is 0 Å². The first-order valence-corrected chi connectivity index (χ1v) is 7.02. The molecule has 104 valence electrons. The maximum absolute atomic E-state index is 9.47. The average Bonchev–Trinajstić information content (AvgIpc) is 2.47. The van der Waals surface area contributed by atoms with Gasteiger partial charge in [0.15, 0.2) is 0 Å². The molecule has 0 aliphatic carbocycles. The Kier molecular flexibility index (Phi) is 4.90. The zero-order valence-corrected chi connectivity index (χ0v) is 13.3. The topological polar surface area (TPSA) is 58.9 Å². The molecule has 20 heavy (non-hydrogen) atoms. The molecule has 0 saturated carbocycles. The van der Waals surface area contributed by atoms with Crippen LogP contribution in [-0.2, 0) is 0 Å². The van der Waals surface area contributed by atoms with E-state index in [9.17, 15) is 10.0 Å². The summed E-state index contributed by atoms with van der Waals surface area (Å²) in [4.78, 5) is 0. The van der Waals surface area contributed by atoms with Crippen molar-refractivity contribution in [1.82, 2.24) is 0 Å². The SMILES string of the molecule is COc1cccc(-c2cc(OC)cc(B(O)O)c2I)c1. The van der Waals surface area contributed by atoms with Crippen molar-refractivity contribution in [2.75, 3.05) is 14.2 Å². The third kappa shape index (κ3) is 3.08. The van der Waals surface area contributed by atoms with Crippen LogP contribution in [0.2, 0.25) is 0 Å². The van der Waals surface area contributed by atoms with Crippen LogP contribution in [0, 0.1) is 3.57 Å². The predicted octanol–water partition coefficient (Wildman–Crippen LogP) is 1.66. The Morgan fingerprint density at radius 3 is 2.30 bits per heavy atom. The Bertz CT molecular complexity index is 616. The maximum Gasteiger partial charge on any atom is 0.489 e. The molecule has 4 nitrogen and oxygen atoms in total. The summed E-state index contributed by atoms with van der Waals surface area (Å²) in [6, 6.07) is 11.1. The molecule has 0 aliphatic heterocycles. The third-order valence-corrected chi connectivity index (χ3v) is 4.17. The molecule has 0 radical (unpaired) electrons. The van der Waals surface area contributed by atoms with E-state index >= 15 is 0 Å². The highest BCUT2D eigenvalue weighted by molar-refractivity contribution is 14.1. The molecule has 0 fully saturated rings. The number of hydrogen-bond acceptors (Lipinski definition) is 4. The van der Waals surface area contributed by atoms with Gasteiger partial charge in [-0.2, -0.15) is 0 Å². The van der Waals surface area contributed by atoms with E-state index in [-0.39, 0.29) is 0 Å². The lowest BCUT2D eigenvalue weighted by molar-refractivity contribution is 0.412. The van der Waals surface area contributed by atoms with Gasteiger partial charge in [-0.15, -0.1) is 0 Å². The molecular formula is C14H14BIO4. The largest absolute Gasteiger partial charge is 0.497 e. The van der Waals surface area contributed by atoms with E-state index in [0.29, 0.717) is 11.2 Å². The van der Waals surface area contributed by atoms with Crippen molar-refractivity contribution in [3.8, 4) is 22.6 Å². The normalized spacial score (nSPS) is 10.2. The van der Waals surface area contributed by atoms with Crippen molar-refractivity contribution >= 4 is 35.2 Å². The van der Waals surface area contributed by atoms with Gasteiger partial charge in [-0.3, -0.25) is 0 Å². The Morgan fingerprint density at radius 1 is 1.00 bits per heavy atom. The van der Waals surface area contributed by atoms with Crippen LogP contribution in [0.25, 0.3) is 11.1 Å².